The van der Waals surface area contributed by atoms with Crippen LogP contribution in [0.3, 0.4) is 0 Å². The van der Waals surface area contributed by atoms with Crippen molar-refractivity contribution in [2.75, 3.05) is 11.9 Å². The standard InChI is InChI=1S/C14H19N3/c1-10-4-3-5-13(10)9-16-14-12(8-15)7-6-11(2)17-14/h6-7,10,13H,3-5,9H2,1-2H3,(H,16,17). The normalized spacial score (nSPS) is 23.4. The Hall–Kier alpha value is -1.56. The van der Waals surface area contributed by atoms with Crippen molar-refractivity contribution in [2.24, 2.45) is 11.8 Å². The molecule has 17 heavy (non-hydrogen) atoms. The molecule has 0 aliphatic heterocycles. The Morgan fingerprint density at radius 2 is 2.29 bits per heavy atom. The highest BCUT2D eigenvalue weighted by atomic mass is 15.0. The monoisotopic (exact) mass is 229 g/mol. The first-order valence-electron chi connectivity index (χ1n) is 6.32. The third kappa shape index (κ3) is 2.76. The summed E-state index contributed by atoms with van der Waals surface area (Å²) in [5.74, 6) is 2.26. The summed E-state index contributed by atoms with van der Waals surface area (Å²) in [7, 11) is 0. The van der Waals surface area contributed by atoms with Crippen molar-refractivity contribution in [3.8, 4) is 6.07 Å². The van der Waals surface area contributed by atoms with Gasteiger partial charge >= 0.3 is 0 Å². The zero-order valence-electron chi connectivity index (χ0n) is 10.5. The number of anilines is 1. The van der Waals surface area contributed by atoms with Crippen LogP contribution in [0.1, 0.15) is 37.4 Å². The summed E-state index contributed by atoms with van der Waals surface area (Å²) < 4.78 is 0. The van der Waals surface area contributed by atoms with Crippen molar-refractivity contribution in [3.63, 3.8) is 0 Å². The minimum atomic E-state index is 0.640. The van der Waals surface area contributed by atoms with Crippen LogP contribution in [0.25, 0.3) is 0 Å². The second-order valence-electron chi connectivity index (χ2n) is 5.01. The number of hydrogen-bond acceptors (Lipinski definition) is 3. The van der Waals surface area contributed by atoms with Crippen LogP contribution in [0.5, 0.6) is 0 Å². The number of rotatable bonds is 3. The Balaban J connectivity index is 2.03. The molecule has 1 aliphatic rings. The highest BCUT2D eigenvalue weighted by molar-refractivity contribution is 5.52. The number of aromatic nitrogens is 1. The second kappa shape index (κ2) is 5.18. The van der Waals surface area contributed by atoms with Crippen molar-refractivity contribution in [3.05, 3.63) is 23.4 Å². The fourth-order valence-electron chi connectivity index (χ4n) is 2.53. The SMILES string of the molecule is Cc1ccc(C#N)c(NCC2CCCC2C)n1. The first kappa shape index (κ1) is 11.9. The topological polar surface area (TPSA) is 48.7 Å². The van der Waals surface area contributed by atoms with E-state index in [2.05, 4.69) is 23.3 Å². The summed E-state index contributed by atoms with van der Waals surface area (Å²) in [6.07, 6.45) is 3.96. The van der Waals surface area contributed by atoms with Crippen molar-refractivity contribution >= 4 is 5.82 Å². The zero-order chi connectivity index (χ0) is 12.3. The number of nitrogens with zero attached hydrogens (tertiary/aromatic N) is 2. The fourth-order valence-corrected chi connectivity index (χ4v) is 2.53. The summed E-state index contributed by atoms with van der Waals surface area (Å²) in [5, 5.41) is 12.4. The van der Waals surface area contributed by atoms with Gasteiger partial charge in [0.2, 0.25) is 0 Å². The maximum absolute atomic E-state index is 9.02. The second-order valence-corrected chi connectivity index (χ2v) is 5.01. The van der Waals surface area contributed by atoms with Crippen molar-refractivity contribution in [2.45, 2.75) is 33.1 Å². The molecule has 0 saturated heterocycles. The highest BCUT2D eigenvalue weighted by Crippen LogP contribution is 2.31. The van der Waals surface area contributed by atoms with E-state index in [9.17, 15) is 0 Å². The highest BCUT2D eigenvalue weighted by Gasteiger charge is 2.23. The Bertz CT molecular complexity index is 434. The molecule has 1 N–H and O–H groups in total. The van der Waals surface area contributed by atoms with Gasteiger partial charge in [-0.25, -0.2) is 4.98 Å². The third-order valence-corrected chi connectivity index (χ3v) is 3.73. The summed E-state index contributed by atoms with van der Waals surface area (Å²) in [6.45, 7) is 5.20. The molecule has 3 heteroatoms. The van der Waals surface area contributed by atoms with E-state index in [0.29, 0.717) is 5.56 Å². The Morgan fingerprint density at radius 1 is 1.47 bits per heavy atom. The van der Waals surface area contributed by atoms with Crippen molar-refractivity contribution in [1.29, 1.82) is 5.26 Å². The average molecular weight is 229 g/mol. The molecule has 0 radical (unpaired) electrons. The van der Waals surface area contributed by atoms with Crippen LogP contribution in [0, 0.1) is 30.1 Å². The van der Waals surface area contributed by atoms with Gasteiger partial charge in [0, 0.05) is 12.2 Å². The summed E-state index contributed by atoms with van der Waals surface area (Å²) in [4.78, 5) is 4.40. The Labute approximate surface area is 103 Å². The summed E-state index contributed by atoms with van der Waals surface area (Å²) in [6, 6.07) is 5.90. The molecule has 2 rings (SSSR count). The van der Waals surface area contributed by atoms with E-state index < -0.39 is 0 Å². The molecule has 1 saturated carbocycles. The van der Waals surface area contributed by atoms with Crippen LogP contribution < -0.4 is 5.32 Å². The summed E-state index contributed by atoms with van der Waals surface area (Å²) >= 11 is 0. The molecular weight excluding hydrogens is 210 g/mol. The lowest BCUT2D eigenvalue weighted by Crippen LogP contribution is -2.17. The number of pyridine rings is 1. The van der Waals surface area contributed by atoms with Gasteiger partial charge in [0.1, 0.15) is 11.9 Å². The first-order chi connectivity index (χ1) is 8.20. The molecule has 0 bridgehead atoms. The van der Waals surface area contributed by atoms with E-state index in [4.69, 9.17) is 5.26 Å². The van der Waals surface area contributed by atoms with E-state index in [1.807, 2.05) is 19.1 Å². The van der Waals surface area contributed by atoms with Gasteiger partial charge in [-0.15, -0.1) is 0 Å². The minimum absolute atomic E-state index is 0.640. The van der Waals surface area contributed by atoms with Gasteiger partial charge in [-0.2, -0.15) is 5.26 Å². The molecule has 1 fully saturated rings. The lowest BCUT2D eigenvalue weighted by atomic mass is 9.98. The molecule has 0 aromatic carbocycles. The van der Waals surface area contributed by atoms with Gasteiger partial charge in [-0.05, 0) is 37.3 Å². The fraction of sp³-hybridized carbons (Fsp3) is 0.571. The molecule has 90 valence electrons. The van der Waals surface area contributed by atoms with Crippen LogP contribution in [-0.2, 0) is 0 Å². The summed E-state index contributed by atoms with van der Waals surface area (Å²) in [5.41, 5.74) is 1.59. The molecule has 2 atom stereocenters. The molecule has 0 spiro atoms. The lowest BCUT2D eigenvalue weighted by Gasteiger charge is -2.17. The Kier molecular flexibility index (Phi) is 3.63. The third-order valence-electron chi connectivity index (χ3n) is 3.73. The minimum Gasteiger partial charge on any atom is -0.369 e. The van der Waals surface area contributed by atoms with Crippen LogP contribution in [-0.4, -0.2) is 11.5 Å². The molecule has 1 aliphatic carbocycles. The molecule has 0 amide bonds. The van der Waals surface area contributed by atoms with Gasteiger partial charge in [0.15, 0.2) is 0 Å². The first-order valence-corrected chi connectivity index (χ1v) is 6.32. The molecule has 1 aromatic heterocycles. The predicted octanol–water partition coefficient (Wildman–Crippen LogP) is 3.11. The maximum atomic E-state index is 9.02. The van der Waals surface area contributed by atoms with Crippen LogP contribution >= 0.6 is 0 Å². The van der Waals surface area contributed by atoms with Gasteiger partial charge in [-0.1, -0.05) is 19.8 Å². The van der Waals surface area contributed by atoms with E-state index in [0.717, 1.165) is 29.9 Å². The van der Waals surface area contributed by atoms with Crippen LogP contribution in [0.2, 0.25) is 0 Å². The zero-order valence-corrected chi connectivity index (χ0v) is 10.5. The van der Waals surface area contributed by atoms with Crippen molar-refractivity contribution < 1.29 is 0 Å². The number of nitriles is 1. The molecule has 1 aromatic rings. The predicted molar refractivity (Wildman–Crippen MR) is 68.7 cm³/mol. The van der Waals surface area contributed by atoms with Crippen LogP contribution in [0.4, 0.5) is 5.82 Å². The van der Waals surface area contributed by atoms with Gasteiger partial charge < -0.3 is 5.32 Å². The lowest BCUT2D eigenvalue weighted by molar-refractivity contribution is 0.439. The number of hydrogen-bond donors (Lipinski definition) is 1. The quantitative estimate of drug-likeness (QED) is 0.866. The van der Waals surface area contributed by atoms with E-state index >= 15 is 0 Å². The van der Waals surface area contributed by atoms with E-state index in [1.165, 1.54) is 19.3 Å². The van der Waals surface area contributed by atoms with Gasteiger partial charge in [-0.3, -0.25) is 0 Å². The molecule has 1 heterocycles. The van der Waals surface area contributed by atoms with E-state index in [-0.39, 0.29) is 0 Å². The smallest absolute Gasteiger partial charge is 0.144 e. The average Bonchev–Trinajstić information content (AvgIpc) is 2.72. The number of aryl methyl sites for hydroxylation is 1. The van der Waals surface area contributed by atoms with Gasteiger partial charge in [0.05, 0.1) is 5.56 Å². The van der Waals surface area contributed by atoms with Crippen molar-refractivity contribution in [1.82, 2.24) is 4.98 Å². The van der Waals surface area contributed by atoms with Gasteiger partial charge in [0.25, 0.3) is 0 Å². The van der Waals surface area contributed by atoms with E-state index in [1.54, 1.807) is 0 Å². The molecule has 3 nitrogen and oxygen atoms in total. The maximum Gasteiger partial charge on any atom is 0.144 e. The largest absolute Gasteiger partial charge is 0.369 e. The van der Waals surface area contributed by atoms with Crippen LogP contribution in [0.15, 0.2) is 12.1 Å². The Morgan fingerprint density at radius 3 is 2.94 bits per heavy atom. The molecular formula is C14H19N3. The number of nitrogens with one attached hydrogen (secondary N) is 1. The molecule has 2 unspecified atom stereocenters.